The SMILES string of the molecule is O=C(NCCCN1CCCC1=O)c1csc(N2CCN(c3ccc(F)cc3)CC2)n1. The van der Waals surface area contributed by atoms with Gasteiger partial charge in [0, 0.05) is 63.3 Å². The van der Waals surface area contributed by atoms with Crippen molar-refractivity contribution < 1.29 is 14.0 Å². The number of likely N-dealkylation sites (tertiary alicyclic amines) is 1. The summed E-state index contributed by atoms with van der Waals surface area (Å²) >= 11 is 1.48. The molecule has 2 amide bonds. The maximum Gasteiger partial charge on any atom is 0.270 e. The molecule has 1 aromatic heterocycles. The van der Waals surface area contributed by atoms with Crippen LogP contribution in [-0.4, -0.2) is 67.5 Å². The standard InChI is InChI=1S/C21H26FN5O2S/c22-16-4-6-17(7-5-16)25-11-13-27(14-12-25)21-24-18(15-30-21)20(29)23-8-2-10-26-9-1-3-19(26)28/h4-7,15H,1-3,8-14H2,(H,23,29). The molecule has 30 heavy (non-hydrogen) atoms. The minimum atomic E-state index is -0.226. The number of nitrogens with one attached hydrogen (secondary N) is 1. The van der Waals surface area contributed by atoms with Crippen LogP contribution in [0.3, 0.4) is 0 Å². The number of carbonyl (C=O) groups is 2. The highest BCUT2D eigenvalue weighted by Crippen LogP contribution is 2.24. The highest BCUT2D eigenvalue weighted by Gasteiger charge is 2.22. The number of carbonyl (C=O) groups excluding carboxylic acids is 2. The maximum absolute atomic E-state index is 13.1. The van der Waals surface area contributed by atoms with Gasteiger partial charge in [-0.2, -0.15) is 0 Å². The van der Waals surface area contributed by atoms with Crippen LogP contribution in [0.1, 0.15) is 29.8 Å². The Hall–Kier alpha value is -2.68. The van der Waals surface area contributed by atoms with E-state index in [0.717, 1.165) is 56.4 Å². The number of amides is 2. The lowest BCUT2D eigenvalue weighted by molar-refractivity contribution is -0.127. The van der Waals surface area contributed by atoms with Crippen LogP contribution in [0.2, 0.25) is 0 Å². The largest absolute Gasteiger partial charge is 0.368 e. The van der Waals surface area contributed by atoms with Gasteiger partial charge in [-0.25, -0.2) is 9.37 Å². The summed E-state index contributed by atoms with van der Waals surface area (Å²) in [5.41, 5.74) is 1.46. The number of hydrogen-bond acceptors (Lipinski definition) is 6. The number of benzene rings is 1. The molecule has 4 rings (SSSR count). The molecule has 0 atom stereocenters. The molecule has 2 fully saturated rings. The Morgan fingerprint density at radius 2 is 1.83 bits per heavy atom. The minimum absolute atomic E-state index is 0.171. The van der Waals surface area contributed by atoms with Gasteiger partial charge in [-0.15, -0.1) is 11.3 Å². The van der Waals surface area contributed by atoms with Crippen LogP contribution in [0.5, 0.6) is 0 Å². The zero-order chi connectivity index (χ0) is 20.9. The van der Waals surface area contributed by atoms with Crippen LogP contribution in [-0.2, 0) is 4.79 Å². The topological polar surface area (TPSA) is 68.8 Å². The number of hydrogen-bond donors (Lipinski definition) is 1. The molecular formula is C21H26FN5O2S. The van der Waals surface area contributed by atoms with Crippen molar-refractivity contribution in [3.8, 4) is 0 Å². The van der Waals surface area contributed by atoms with Crippen LogP contribution in [0, 0.1) is 5.82 Å². The van der Waals surface area contributed by atoms with Gasteiger partial charge < -0.3 is 20.0 Å². The first-order chi connectivity index (χ1) is 14.6. The molecule has 0 saturated carbocycles. The van der Waals surface area contributed by atoms with Crippen molar-refractivity contribution in [1.82, 2.24) is 15.2 Å². The van der Waals surface area contributed by atoms with Gasteiger partial charge >= 0.3 is 0 Å². The molecule has 7 nitrogen and oxygen atoms in total. The molecule has 0 aliphatic carbocycles. The third-order valence-corrected chi connectivity index (χ3v) is 6.43. The monoisotopic (exact) mass is 431 g/mol. The van der Waals surface area contributed by atoms with Crippen molar-refractivity contribution in [2.24, 2.45) is 0 Å². The van der Waals surface area contributed by atoms with Crippen LogP contribution < -0.4 is 15.1 Å². The average molecular weight is 432 g/mol. The van der Waals surface area contributed by atoms with E-state index in [1.165, 1.54) is 23.5 Å². The second-order valence-corrected chi connectivity index (χ2v) is 8.40. The molecule has 1 aromatic carbocycles. The van der Waals surface area contributed by atoms with Gasteiger partial charge in [0.2, 0.25) is 5.91 Å². The van der Waals surface area contributed by atoms with Crippen LogP contribution in [0.15, 0.2) is 29.6 Å². The van der Waals surface area contributed by atoms with Crippen molar-refractivity contribution in [3.05, 3.63) is 41.2 Å². The van der Waals surface area contributed by atoms with Gasteiger partial charge in [-0.3, -0.25) is 9.59 Å². The highest BCUT2D eigenvalue weighted by atomic mass is 32.1. The van der Waals surface area contributed by atoms with E-state index in [1.54, 1.807) is 17.5 Å². The fourth-order valence-corrected chi connectivity index (χ4v) is 4.68. The minimum Gasteiger partial charge on any atom is -0.368 e. The Morgan fingerprint density at radius 3 is 2.53 bits per heavy atom. The van der Waals surface area contributed by atoms with Gasteiger partial charge in [0.15, 0.2) is 5.13 Å². The van der Waals surface area contributed by atoms with E-state index in [2.05, 4.69) is 20.1 Å². The maximum atomic E-state index is 13.1. The molecular weight excluding hydrogens is 405 g/mol. The summed E-state index contributed by atoms with van der Waals surface area (Å²) in [7, 11) is 0. The zero-order valence-electron chi connectivity index (χ0n) is 16.8. The predicted molar refractivity (Wildman–Crippen MR) is 116 cm³/mol. The Morgan fingerprint density at radius 1 is 1.10 bits per heavy atom. The normalized spacial score (nSPS) is 17.0. The number of anilines is 2. The molecule has 160 valence electrons. The highest BCUT2D eigenvalue weighted by molar-refractivity contribution is 7.13. The van der Waals surface area contributed by atoms with Crippen molar-refractivity contribution in [2.75, 3.05) is 55.6 Å². The van der Waals surface area contributed by atoms with Gasteiger partial charge in [0.25, 0.3) is 5.91 Å². The lowest BCUT2D eigenvalue weighted by Crippen LogP contribution is -2.46. The Bertz CT molecular complexity index is 880. The van der Waals surface area contributed by atoms with Crippen molar-refractivity contribution in [3.63, 3.8) is 0 Å². The summed E-state index contributed by atoms with van der Waals surface area (Å²) in [6.45, 7) is 5.30. The molecule has 2 saturated heterocycles. The number of nitrogens with zero attached hydrogens (tertiary/aromatic N) is 4. The molecule has 9 heteroatoms. The summed E-state index contributed by atoms with van der Waals surface area (Å²) in [4.78, 5) is 34.7. The summed E-state index contributed by atoms with van der Waals surface area (Å²) in [5, 5.41) is 5.54. The predicted octanol–water partition coefficient (Wildman–Crippen LogP) is 2.35. The van der Waals surface area contributed by atoms with E-state index >= 15 is 0 Å². The number of aromatic nitrogens is 1. The number of thiazole rings is 1. The lowest BCUT2D eigenvalue weighted by atomic mass is 10.2. The molecule has 2 aromatic rings. The third kappa shape index (κ3) is 4.89. The van der Waals surface area contributed by atoms with Crippen molar-refractivity contribution >= 4 is 34.0 Å². The molecule has 2 aliphatic heterocycles. The Kier molecular flexibility index (Phi) is 6.47. The van der Waals surface area contributed by atoms with Gasteiger partial charge in [0.1, 0.15) is 11.5 Å². The summed E-state index contributed by atoms with van der Waals surface area (Å²) < 4.78 is 13.1. The third-order valence-electron chi connectivity index (χ3n) is 5.53. The number of halogens is 1. The van der Waals surface area contributed by atoms with Crippen LogP contribution in [0.25, 0.3) is 0 Å². The van der Waals surface area contributed by atoms with E-state index in [4.69, 9.17) is 0 Å². The summed E-state index contributed by atoms with van der Waals surface area (Å²) in [6, 6.07) is 6.57. The second-order valence-electron chi connectivity index (χ2n) is 7.56. The first kappa shape index (κ1) is 20.6. The lowest BCUT2D eigenvalue weighted by Gasteiger charge is -2.36. The number of piperazine rings is 1. The van der Waals surface area contributed by atoms with Crippen molar-refractivity contribution in [1.29, 1.82) is 0 Å². The Balaban J connectivity index is 1.22. The van der Waals surface area contributed by atoms with E-state index in [0.29, 0.717) is 25.2 Å². The van der Waals surface area contributed by atoms with E-state index in [1.807, 2.05) is 4.90 Å². The fraction of sp³-hybridized carbons (Fsp3) is 0.476. The zero-order valence-corrected chi connectivity index (χ0v) is 17.7. The first-order valence-corrected chi connectivity index (χ1v) is 11.2. The van der Waals surface area contributed by atoms with Crippen LogP contribution in [0.4, 0.5) is 15.2 Å². The molecule has 1 N–H and O–H groups in total. The van der Waals surface area contributed by atoms with Crippen LogP contribution >= 0.6 is 11.3 Å². The molecule has 2 aliphatic rings. The number of rotatable bonds is 7. The molecule has 0 unspecified atom stereocenters. The van der Waals surface area contributed by atoms with Crippen molar-refractivity contribution in [2.45, 2.75) is 19.3 Å². The Labute approximate surface area is 179 Å². The van der Waals surface area contributed by atoms with Gasteiger partial charge in [-0.05, 0) is 37.1 Å². The van der Waals surface area contributed by atoms with Gasteiger partial charge in [-0.1, -0.05) is 0 Å². The molecule has 0 bridgehead atoms. The molecule has 3 heterocycles. The fourth-order valence-electron chi connectivity index (χ4n) is 3.82. The molecule has 0 spiro atoms. The summed E-state index contributed by atoms with van der Waals surface area (Å²) in [6.07, 6.45) is 2.33. The van der Waals surface area contributed by atoms with E-state index < -0.39 is 0 Å². The smallest absolute Gasteiger partial charge is 0.270 e. The van der Waals surface area contributed by atoms with Gasteiger partial charge in [0.05, 0.1) is 0 Å². The first-order valence-electron chi connectivity index (χ1n) is 10.4. The second kappa shape index (κ2) is 9.42. The summed E-state index contributed by atoms with van der Waals surface area (Å²) in [5.74, 6) is -0.185. The average Bonchev–Trinajstić information content (AvgIpc) is 3.41. The van der Waals surface area contributed by atoms with E-state index in [-0.39, 0.29) is 17.6 Å². The quantitative estimate of drug-likeness (QED) is 0.682. The molecule has 0 radical (unpaired) electrons. The van der Waals surface area contributed by atoms with E-state index in [9.17, 15) is 14.0 Å².